The quantitative estimate of drug-likeness (QED) is 0.902. The SMILES string of the molecule is CC(C)[C@@H](N)C(=O)Nc1nc2ccccc2nc1Cl. The number of hydrogen-bond donors (Lipinski definition) is 2. The van der Waals surface area contributed by atoms with E-state index in [-0.39, 0.29) is 22.8 Å². The maximum atomic E-state index is 11.9. The van der Waals surface area contributed by atoms with E-state index in [0.29, 0.717) is 11.0 Å². The Morgan fingerprint density at radius 2 is 1.84 bits per heavy atom. The lowest BCUT2D eigenvalue weighted by molar-refractivity contribution is -0.118. The second-order valence-corrected chi connectivity index (χ2v) is 4.97. The van der Waals surface area contributed by atoms with Crippen molar-refractivity contribution in [1.82, 2.24) is 9.97 Å². The Labute approximate surface area is 116 Å². The van der Waals surface area contributed by atoms with Crippen molar-refractivity contribution in [3.8, 4) is 0 Å². The molecular weight excluding hydrogens is 264 g/mol. The summed E-state index contributed by atoms with van der Waals surface area (Å²) in [4.78, 5) is 20.3. The van der Waals surface area contributed by atoms with Gasteiger partial charge in [-0.05, 0) is 18.1 Å². The molecule has 0 bridgehead atoms. The lowest BCUT2D eigenvalue weighted by Gasteiger charge is -2.15. The van der Waals surface area contributed by atoms with Gasteiger partial charge in [0.05, 0.1) is 17.1 Å². The molecule has 1 atom stereocenters. The molecule has 0 saturated heterocycles. The van der Waals surface area contributed by atoms with Gasteiger partial charge in [0, 0.05) is 0 Å². The van der Waals surface area contributed by atoms with Crippen LogP contribution in [0, 0.1) is 5.92 Å². The van der Waals surface area contributed by atoms with Gasteiger partial charge in [0.25, 0.3) is 0 Å². The Kier molecular flexibility index (Phi) is 3.97. The van der Waals surface area contributed by atoms with Crippen LogP contribution in [0.1, 0.15) is 13.8 Å². The van der Waals surface area contributed by atoms with Gasteiger partial charge in [-0.3, -0.25) is 4.79 Å². The average Bonchev–Trinajstić information content (AvgIpc) is 2.38. The molecule has 19 heavy (non-hydrogen) atoms. The Balaban J connectivity index is 2.30. The van der Waals surface area contributed by atoms with Crippen LogP contribution in [0.5, 0.6) is 0 Å². The molecule has 5 nitrogen and oxygen atoms in total. The zero-order valence-electron chi connectivity index (χ0n) is 10.7. The zero-order chi connectivity index (χ0) is 14.0. The highest BCUT2D eigenvalue weighted by Crippen LogP contribution is 2.21. The van der Waals surface area contributed by atoms with E-state index in [9.17, 15) is 4.79 Å². The molecule has 2 aromatic rings. The summed E-state index contributed by atoms with van der Waals surface area (Å²) in [6, 6.07) is 6.69. The number of rotatable bonds is 3. The number of nitrogens with two attached hydrogens (primary N) is 1. The number of nitrogens with one attached hydrogen (secondary N) is 1. The summed E-state index contributed by atoms with van der Waals surface area (Å²) in [6.45, 7) is 3.75. The Hall–Kier alpha value is -1.72. The predicted octanol–water partition coefficient (Wildman–Crippen LogP) is 2.21. The number of carbonyl (C=O) groups excluding carboxylic acids is 1. The van der Waals surface area contributed by atoms with Gasteiger partial charge in [0.15, 0.2) is 11.0 Å². The normalized spacial score (nSPS) is 12.7. The molecule has 0 saturated carbocycles. The summed E-state index contributed by atoms with van der Waals surface area (Å²) in [5.74, 6) is -0.0462. The van der Waals surface area contributed by atoms with Crippen molar-refractivity contribution in [1.29, 1.82) is 0 Å². The van der Waals surface area contributed by atoms with Crippen LogP contribution in [0.4, 0.5) is 5.82 Å². The lowest BCUT2D eigenvalue weighted by atomic mass is 10.1. The monoisotopic (exact) mass is 278 g/mol. The van der Waals surface area contributed by atoms with E-state index in [4.69, 9.17) is 17.3 Å². The van der Waals surface area contributed by atoms with Gasteiger partial charge in [0.1, 0.15) is 0 Å². The van der Waals surface area contributed by atoms with Crippen LogP contribution in [0.3, 0.4) is 0 Å². The molecule has 0 fully saturated rings. The summed E-state index contributed by atoms with van der Waals surface area (Å²) in [7, 11) is 0. The minimum Gasteiger partial charge on any atom is -0.320 e. The van der Waals surface area contributed by atoms with Crippen molar-refractivity contribution in [2.45, 2.75) is 19.9 Å². The van der Waals surface area contributed by atoms with Crippen molar-refractivity contribution < 1.29 is 4.79 Å². The predicted molar refractivity (Wildman–Crippen MR) is 76.0 cm³/mol. The van der Waals surface area contributed by atoms with Crippen LogP contribution in [0.25, 0.3) is 11.0 Å². The fourth-order valence-electron chi connectivity index (χ4n) is 1.56. The number of anilines is 1. The van der Waals surface area contributed by atoms with E-state index in [2.05, 4.69) is 15.3 Å². The van der Waals surface area contributed by atoms with Crippen LogP contribution >= 0.6 is 11.6 Å². The van der Waals surface area contributed by atoms with Crippen molar-refractivity contribution >= 4 is 34.4 Å². The molecule has 1 aromatic heterocycles. The molecule has 0 radical (unpaired) electrons. The van der Waals surface area contributed by atoms with Crippen LogP contribution in [-0.4, -0.2) is 21.9 Å². The number of nitrogens with zero attached hydrogens (tertiary/aromatic N) is 2. The van der Waals surface area contributed by atoms with Crippen molar-refractivity contribution in [2.24, 2.45) is 11.7 Å². The minimum absolute atomic E-state index is 0.0344. The first-order chi connectivity index (χ1) is 8.99. The van der Waals surface area contributed by atoms with Crippen LogP contribution in [0.15, 0.2) is 24.3 Å². The zero-order valence-corrected chi connectivity index (χ0v) is 11.5. The number of carbonyl (C=O) groups is 1. The molecule has 2 rings (SSSR count). The Bertz CT molecular complexity index is 615. The highest BCUT2D eigenvalue weighted by Gasteiger charge is 2.19. The van der Waals surface area contributed by atoms with E-state index < -0.39 is 6.04 Å². The summed E-state index contributed by atoms with van der Waals surface area (Å²) in [5, 5.41) is 2.77. The minimum atomic E-state index is -0.607. The molecule has 0 aliphatic rings. The van der Waals surface area contributed by atoms with Gasteiger partial charge in [-0.25, -0.2) is 9.97 Å². The maximum Gasteiger partial charge on any atom is 0.242 e. The van der Waals surface area contributed by atoms with Crippen LogP contribution in [0.2, 0.25) is 5.15 Å². The maximum absolute atomic E-state index is 11.9. The number of benzene rings is 1. The average molecular weight is 279 g/mol. The number of para-hydroxylation sites is 2. The molecule has 0 spiro atoms. The smallest absolute Gasteiger partial charge is 0.242 e. The number of fused-ring (bicyclic) bond motifs is 1. The molecule has 3 N–H and O–H groups in total. The molecule has 0 unspecified atom stereocenters. The molecule has 1 amide bonds. The third-order valence-electron chi connectivity index (χ3n) is 2.79. The number of aromatic nitrogens is 2. The number of hydrogen-bond acceptors (Lipinski definition) is 4. The van der Waals surface area contributed by atoms with E-state index in [1.807, 2.05) is 26.0 Å². The summed E-state index contributed by atoms with van der Waals surface area (Å²) >= 11 is 6.00. The van der Waals surface area contributed by atoms with Crippen molar-refractivity contribution in [3.63, 3.8) is 0 Å². The van der Waals surface area contributed by atoms with E-state index in [1.54, 1.807) is 12.1 Å². The first-order valence-electron chi connectivity index (χ1n) is 5.97. The van der Waals surface area contributed by atoms with Gasteiger partial charge in [0.2, 0.25) is 5.91 Å². The van der Waals surface area contributed by atoms with Crippen LogP contribution < -0.4 is 11.1 Å². The third-order valence-corrected chi connectivity index (χ3v) is 3.05. The van der Waals surface area contributed by atoms with Gasteiger partial charge < -0.3 is 11.1 Å². The topological polar surface area (TPSA) is 80.9 Å². The van der Waals surface area contributed by atoms with Crippen molar-refractivity contribution in [3.05, 3.63) is 29.4 Å². The second kappa shape index (κ2) is 5.50. The van der Waals surface area contributed by atoms with E-state index >= 15 is 0 Å². The molecule has 0 aliphatic heterocycles. The first kappa shape index (κ1) is 13.7. The molecule has 100 valence electrons. The highest BCUT2D eigenvalue weighted by molar-refractivity contribution is 6.32. The molecule has 1 aromatic carbocycles. The number of amides is 1. The molecule has 1 heterocycles. The molecule has 6 heteroatoms. The second-order valence-electron chi connectivity index (χ2n) is 4.61. The van der Waals surface area contributed by atoms with E-state index in [0.717, 1.165) is 0 Å². The van der Waals surface area contributed by atoms with Gasteiger partial charge in [-0.15, -0.1) is 0 Å². The standard InChI is InChI=1S/C13H15ClN4O/c1-7(2)10(15)13(19)18-12-11(14)16-8-5-3-4-6-9(8)17-12/h3-7,10H,15H2,1-2H3,(H,17,18,19)/t10-/m1/s1. The third kappa shape index (κ3) is 3.00. The van der Waals surface area contributed by atoms with Crippen molar-refractivity contribution in [2.75, 3.05) is 5.32 Å². The first-order valence-corrected chi connectivity index (χ1v) is 6.35. The van der Waals surface area contributed by atoms with Gasteiger partial charge >= 0.3 is 0 Å². The fourth-order valence-corrected chi connectivity index (χ4v) is 1.74. The van der Waals surface area contributed by atoms with E-state index in [1.165, 1.54) is 0 Å². The highest BCUT2D eigenvalue weighted by atomic mass is 35.5. The molecular formula is C13H15ClN4O. The summed E-state index contributed by atoms with van der Waals surface area (Å²) in [6.07, 6.45) is 0. The largest absolute Gasteiger partial charge is 0.320 e. The summed E-state index contributed by atoms with van der Waals surface area (Å²) in [5.41, 5.74) is 7.11. The van der Waals surface area contributed by atoms with Gasteiger partial charge in [-0.1, -0.05) is 37.6 Å². The lowest BCUT2D eigenvalue weighted by Crippen LogP contribution is -2.40. The fraction of sp³-hybridized carbons (Fsp3) is 0.308. The Morgan fingerprint density at radius 1 is 1.26 bits per heavy atom. The summed E-state index contributed by atoms with van der Waals surface area (Å²) < 4.78 is 0. The Morgan fingerprint density at radius 3 is 2.42 bits per heavy atom. The van der Waals surface area contributed by atoms with Crippen LogP contribution in [-0.2, 0) is 4.79 Å². The molecule has 0 aliphatic carbocycles. The number of halogens is 1. The van der Waals surface area contributed by atoms with Gasteiger partial charge in [-0.2, -0.15) is 0 Å².